The van der Waals surface area contributed by atoms with Gasteiger partial charge in [0.05, 0.1) is 12.2 Å². The lowest BCUT2D eigenvalue weighted by molar-refractivity contribution is -0.0704. The van der Waals surface area contributed by atoms with E-state index in [2.05, 4.69) is 18.7 Å². The molecule has 2 unspecified atom stereocenters. The highest BCUT2D eigenvalue weighted by Crippen LogP contribution is 2.13. The Balaban J connectivity index is 1.96. The van der Waals surface area contributed by atoms with Gasteiger partial charge in [-0.15, -0.1) is 0 Å². The summed E-state index contributed by atoms with van der Waals surface area (Å²) in [5.41, 5.74) is 1.71. The molecule has 0 bridgehead atoms. The molecule has 5 heteroatoms. The Morgan fingerprint density at radius 1 is 1.17 bits per heavy atom. The van der Waals surface area contributed by atoms with E-state index in [-0.39, 0.29) is 12.2 Å². The van der Waals surface area contributed by atoms with Gasteiger partial charge in [-0.1, -0.05) is 24.3 Å². The van der Waals surface area contributed by atoms with Crippen LogP contribution in [0.15, 0.2) is 24.3 Å². The van der Waals surface area contributed by atoms with Gasteiger partial charge in [-0.2, -0.15) is 0 Å². The third-order valence-electron chi connectivity index (χ3n) is 3.18. The van der Waals surface area contributed by atoms with Crippen molar-refractivity contribution in [3.05, 3.63) is 29.8 Å². The zero-order valence-electron chi connectivity index (χ0n) is 10.9. The van der Waals surface area contributed by atoms with Crippen LogP contribution in [0.25, 0.3) is 0 Å². The first-order valence-electron chi connectivity index (χ1n) is 6.37. The van der Waals surface area contributed by atoms with E-state index in [4.69, 9.17) is 14.8 Å². The van der Waals surface area contributed by atoms with Gasteiger partial charge in [0.2, 0.25) is 0 Å². The molecule has 1 aliphatic rings. The zero-order valence-corrected chi connectivity index (χ0v) is 10.9. The van der Waals surface area contributed by atoms with Gasteiger partial charge in [-0.05, 0) is 24.9 Å². The highest BCUT2D eigenvalue weighted by atomic mass is 16.5. The highest BCUT2D eigenvalue weighted by molar-refractivity contribution is 6.58. The van der Waals surface area contributed by atoms with Crippen molar-refractivity contribution >= 4 is 12.6 Å². The lowest BCUT2D eigenvalue weighted by Gasteiger charge is -2.35. The van der Waals surface area contributed by atoms with Crippen molar-refractivity contribution in [2.45, 2.75) is 32.6 Å². The number of benzene rings is 1. The Kier molecular flexibility index (Phi) is 4.40. The zero-order chi connectivity index (χ0) is 13.1. The van der Waals surface area contributed by atoms with E-state index in [1.165, 1.54) is 5.56 Å². The lowest BCUT2D eigenvalue weighted by Crippen LogP contribution is -2.44. The smallest absolute Gasteiger partial charge is 0.423 e. The summed E-state index contributed by atoms with van der Waals surface area (Å²) >= 11 is 0. The third kappa shape index (κ3) is 3.56. The molecule has 2 N–H and O–H groups in total. The van der Waals surface area contributed by atoms with Crippen LogP contribution in [0.5, 0.6) is 0 Å². The summed E-state index contributed by atoms with van der Waals surface area (Å²) in [6.07, 6.45) is 0.541. The Bertz CT molecular complexity index is 372. The summed E-state index contributed by atoms with van der Waals surface area (Å²) < 4.78 is 5.70. The summed E-state index contributed by atoms with van der Waals surface area (Å²) in [5, 5.41) is 18.1. The van der Waals surface area contributed by atoms with Crippen LogP contribution in [0.1, 0.15) is 19.4 Å². The molecule has 0 saturated carbocycles. The van der Waals surface area contributed by atoms with Crippen molar-refractivity contribution in [2.75, 3.05) is 13.1 Å². The fourth-order valence-electron chi connectivity index (χ4n) is 2.47. The first kappa shape index (κ1) is 13.6. The van der Waals surface area contributed by atoms with E-state index in [0.717, 1.165) is 19.6 Å². The summed E-state index contributed by atoms with van der Waals surface area (Å²) in [7, 11) is -1.39. The van der Waals surface area contributed by atoms with Gasteiger partial charge in [0.1, 0.15) is 0 Å². The molecule has 1 aliphatic heterocycles. The predicted octanol–water partition coefficient (Wildman–Crippen LogP) is -0.0244. The normalized spacial score (nSPS) is 25.1. The minimum Gasteiger partial charge on any atom is -0.423 e. The molecular formula is C13H20BNO3. The standard InChI is InChI=1S/C13H20BNO3/c1-10-7-15(8-11(2)18-10)9-12-3-5-13(6-4-12)14(16)17/h3-6,10-11,16-17H,7-9H2,1-2H3. The number of hydrogen-bond acceptors (Lipinski definition) is 4. The number of ether oxygens (including phenoxy) is 1. The second-order valence-electron chi connectivity index (χ2n) is 5.07. The van der Waals surface area contributed by atoms with E-state index in [0.29, 0.717) is 5.46 Å². The molecule has 0 aliphatic carbocycles. The maximum Gasteiger partial charge on any atom is 0.488 e. The molecule has 1 saturated heterocycles. The average molecular weight is 249 g/mol. The quantitative estimate of drug-likeness (QED) is 0.739. The molecule has 0 amide bonds. The van der Waals surface area contributed by atoms with Gasteiger partial charge in [-0.3, -0.25) is 4.90 Å². The van der Waals surface area contributed by atoms with E-state index in [9.17, 15) is 0 Å². The molecule has 1 fully saturated rings. The van der Waals surface area contributed by atoms with Gasteiger partial charge in [0.15, 0.2) is 0 Å². The van der Waals surface area contributed by atoms with Crippen molar-refractivity contribution in [2.24, 2.45) is 0 Å². The largest absolute Gasteiger partial charge is 0.488 e. The topological polar surface area (TPSA) is 52.9 Å². The van der Waals surface area contributed by atoms with Gasteiger partial charge >= 0.3 is 7.12 Å². The Hall–Kier alpha value is -0.875. The Labute approximate surface area is 108 Å². The Morgan fingerprint density at radius 2 is 1.72 bits per heavy atom. The maximum absolute atomic E-state index is 9.03. The first-order valence-corrected chi connectivity index (χ1v) is 6.37. The van der Waals surface area contributed by atoms with Crippen LogP contribution in [0.4, 0.5) is 0 Å². The highest BCUT2D eigenvalue weighted by Gasteiger charge is 2.22. The summed E-state index contributed by atoms with van der Waals surface area (Å²) in [4.78, 5) is 2.36. The molecule has 0 radical (unpaired) electrons. The second kappa shape index (κ2) is 5.84. The molecule has 4 nitrogen and oxygen atoms in total. The molecule has 1 aromatic carbocycles. The molecule has 2 atom stereocenters. The van der Waals surface area contributed by atoms with Crippen molar-refractivity contribution in [1.29, 1.82) is 0 Å². The van der Waals surface area contributed by atoms with Crippen LogP contribution in [0.3, 0.4) is 0 Å². The monoisotopic (exact) mass is 249 g/mol. The SMILES string of the molecule is CC1CN(Cc2ccc(B(O)O)cc2)CC(C)O1. The molecule has 0 aromatic heterocycles. The number of morpholine rings is 1. The fourth-order valence-corrected chi connectivity index (χ4v) is 2.47. The Morgan fingerprint density at radius 3 is 2.22 bits per heavy atom. The minimum absolute atomic E-state index is 0.271. The van der Waals surface area contributed by atoms with E-state index < -0.39 is 7.12 Å². The van der Waals surface area contributed by atoms with E-state index in [1.807, 2.05) is 12.1 Å². The number of rotatable bonds is 3. The summed E-state index contributed by atoms with van der Waals surface area (Å²) in [5.74, 6) is 0. The average Bonchev–Trinajstić information content (AvgIpc) is 2.28. The van der Waals surface area contributed by atoms with E-state index >= 15 is 0 Å². The van der Waals surface area contributed by atoms with Crippen LogP contribution in [0, 0.1) is 0 Å². The number of hydrogen-bond donors (Lipinski definition) is 2. The molecule has 18 heavy (non-hydrogen) atoms. The van der Waals surface area contributed by atoms with Crippen molar-refractivity contribution in [3.8, 4) is 0 Å². The van der Waals surface area contributed by atoms with Crippen molar-refractivity contribution in [1.82, 2.24) is 4.90 Å². The lowest BCUT2D eigenvalue weighted by atomic mass is 9.80. The van der Waals surface area contributed by atoms with Crippen molar-refractivity contribution in [3.63, 3.8) is 0 Å². The van der Waals surface area contributed by atoms with Crippen LogP contribution >= 0.6 is 0 Å². The van der Waals surface area contributed by atoms with Crippen molar-refractivity contribution < 1.29 is 14.8 Å². The minimum atomic E-state index is -1.39. The van der Waals surface area contributed by atoms with Crippen LogP contribution in [-0.4, -0.2) is 47.4 Å². The predicted molar refractivity (Wildman–Crippen MR) is 71.6 cm³/mol. The molecule has 2 rings (SSSR count). The first-order chi connectivity index (χ1) is 8.54. The maximum atomic E-state index is 9.03. The number of nitrogens with zero attached hydrogens (tertiary/aromatic N) is 1. The van der Waals surface area contributed by atoms with Gasteiger partial charge in [0.25, 0.3) is 0 Å². The third-order valence-corrected chi connectivity index (χ3v) is 3.18. The summed E-state index contributed by atoms with van der Waals surface area (Å²) in [6.45, 7) is 6.94. The van der Waals surface area contributed by atoms with Gasteiger partial charge in [0, 0.05) is 19.6 Å². The van der Waals surface area contributed by atoms with Crippen LogP contribution in [-0.2, 0) is 11.3 Å². The summed E-state index contributed by atoms with van der Waals surface area (Å²) in [6, 6.07) is 7.40. The molecular weight excluding hydrogens is 229 g/mol. The van der Waals surface area contributed by atoms with E-state index in [1.54, 1.807) is 12.1 Å². The van der Waals surface area contributed by atoms with Crippen LogP contribution in [0.2, 0.25) is 0 Å². The fraction of sp³-hybridized carbons (Fsp3) is 0.538. The second-order valence-corrected chi connectivity index (χ2v) is 5.07. The van der Waals surface area contributed by atoms with Crippen LogP contribution < -0.4 is 5.46 Å². The van der Waals surface area contributed by atoms with Gasteiger partial charge < -0.3 is 14.8 Å². The molecule has 1 aromatic rings. The molecule has 1 heterocycles. The van der Waals surface area contributed by atoms with Gasteiger partial charge in [-0.25, -0.2) is 0 Å². The molecule has 0 spiro atoms. The molecule has 98 valence electrons.